The Morgan fingerprint density at radius 1 is 1.26 bits per heavy atom. The monoisotopic (exact) mass is 488 g/mol. The number of carbonyl (C=O) groups is 2. The summed E-state index contributed by atoms with van der Waals surface area (Å²) < 4.78 is 5.42. The van der Waals surface area contributed by atoms with Crippen molar-refractivity contribution in [3.63, 3.8) is 0 Å². The van der Waals surface area contributed by atoms with Crippen LogP contribution in [0.5, 0.6) is 0 Å². The van der Waals surface area contributed by atoms with E-state index < -0.39 is 5.41 Å². The van der Waals surface area contributed by atoms with E-state index in [1.165, 1.54) is 12.8 Å². The number of rotatable bonds is 8. The minimum absolute atomic E-state index is 0.124. The molecule has 1 aliphatic carbocycles. The second-order valence-corrected chi connectivity index (χ2v) is 10.8. The van der Waals surface area contributed by atoms with E-state index in [2.05, 4.69) is 28.1 Å². The average molecular weight is 489 g/mol. The molecular weight excluding hydrogens is 452 g/mol. The maximum absolute atomic E-state index is 12.9. The van der Waals surface area contributed by atoms with Crippen molar-refractivity contribution in [1.29, 1.82) is 5.26 Å². The SMILES string of the molecule is Cc1c(CN2CCN(C(=O)C3CCCC3)C(C)C2)cc(Cl)cc1NC(=O)COCC(C)(C)C#N. The first kappa shape index (κ1) is 26.5. The van der Waals surface area contributed by atoms with Gasteiger partial charge in [-0.2, -0.15) is 5.26 Å². The highest BCUT2D eigenvalue weighted by Crippen LogP contribution is 2.29. The van der Waals surface area contributed by atoms with Gasteiger partial charge in [0.15, 0.2) is 0 Å². The Labute approximate surface area is 208 Å². The third-order valence-electron chi connectivity index (χ3n) is 6.85. The molecule has 186 valence electrons. The number of nitrogens with one attached hydrogen (secondary N) is 1. The van der Waals surface area contributed by atoms with Gasteiger partial charge in [-0.25, -0.2) is 0 Å². The second kappa shape index (κ2) is 11.5. The summed E-state index contributed by atoms with van der Waals surface area (Å²) in [5.41, 5.74) is 2.05. The summed E-state index contributed by atoms with van der Waals surface area (Å²) in [6.45, 7) is 10.8. The predicted octanol–water partition coefficient (Wildman–Crippen LogP) is 4.38. The number of hydrogen-bond donors (Lipinski definition) is 1. The Balaban J connectivity index is 1.58. The van der Waals surface area contributed by atoms with Crippen molar-refractivity contribution in [2.75, 3.05) is 38.2 Å². The number of nitrogens with zero attached hydrogens (tertiary/aromatic N) is 3. The molecule has 34 heavy (non-hydrogen) atoms. The van der Waals surface area contributed by atoms with E-state index in [0.29, 0.717) is 23.2 Å². The molecular formula is C26H37ClN4O3. The maximum atomic E-state index is 12.9. The first-order valence-corrected chi connectivity index (χ1v) is 12.6. The van der Waals surface area contributed by atoms with Gasteiger partial charge in [0.1, 0.15) is 6.61 Å². The van der Waals surface area contributed by atoms with Gasteiger partial charge in [-0.1, -0.05) is 24.4 Å². The zero-order valence-corrected chi connectivity index (χ0v) is 21.6. The smallest absolute Gasteiger partial charge is 0.250 e. The lowest BCUT2D eigenvalue weighted by Crippen LogP contribution is -2.54. The van der Waals surface area contributed by atoms with Gasteiger partial charge in [0.25, 0.3) is 0 Å². The van der Waals surface area contributed by atoms with Crippen LogP contribution in [0.1, 0.15) is 57.6 Å². The first-order chi connectivity index (χ1) is 16.1. The molecule has 1 aromatic rings. The van der Waals surface area contributed by atoms with Crippen LogP contribution >= 0.6 is 11.6 Å². The van der Waals surface area contributed by atoms with E-state index in [4.69, 9.17) is 21.6 Å². The topological polar surface area (TPSA) is 85.7 Å². The van der Waals surface area contributed by atoms with Crippen LogP contribution in [-0.4, -0.2) is 60.5 Å². The number of ether oxygens (including phenoxy) is 1. The van der Waals surface area contributed by atoms with Crippen molar-refractivity contribution in [3.05, 3.63) is 28.3 Å². The van der Waals surface area contributed by atoms with Crippen LogP contribution in [0.15, 0.2) is 12.1 Å². The lowest BCUT2D eigenvalue weighted by molar-refractivity contribution is -0.140. The minimum Gasteiger partial charge on any atom is -0.370 e. The zero-order valence-electron chi connectivity index (χ0n) is 20.8. The van der Waals surface area contributed by atoms with Crippen LogP contribution in [0.4, 0.5) is 5.69 Å². The first-order valence-electron chi connectivity index (χ1n) is 12.2. The van der Waals surface area contributed by atoms with Crippen molar-refractivity contribution < 1.29 is 14.3 Å². The van der Waals surface area contributed by atoms with Crippen LogP contribution < -0.4 is 5.32 Å². The van der Waals surface area contributed by atoms with Gasteiger partial charge in [0.05, 0.1) is 18.1 Å². The van der Waals surface area contributed by atoms with Crippen molar-refractivity contribution >= 4 is 29.1 Å². The van der Waals surface area contributed by atoms with Gasteiger partial charge in [0, 0.05) is 48.8 Å². The third-order valence-corrected chi connectivity index (χ3v) is 7.06. The minimum atomic E-state index is -0.637. The molecule has 2 aliphatic rings. The molecule has 7 nitrogen and oxygen atoms in total. The molecule has 2 fully saturated rings. The van der Waals surface area contributed by atoms with Crippen molar-refractivity contribution in [1.82, 2.24) is 9.80 Å². The fourth-order valence-electron chi connectivity index (χ4n) is 4.80. The fraction of sp³-hybridized carbons (Fsp3) is 0.654. The highest BCUT2D eigenvalue weighted by Gasteiger charge is 2.33. The van der Waals surface area contributed by atoms with Gasteiger partial charge in [-0.05, 0) is 63.8 Å². The molecule has 0 radical (unpaired) electrons. The Hall–Kier alpha value is -2.14. The number of amides is 2. The van der Waals surface area contributed by atoms with E-state index >= 15 is 0 Å². The number of benzene rings is 1. The molecule has 3 rings (SSSR count). The molecule has 1 saturated heterocycles. The summed E-state index contributed by atoms with van der Waals surface area (Å²) in [4.78, 5) is 29.7. The van der Waals surface area contributed by atoms with Gasteiger partial charge < -0.3 is 15.0 Å². The summed E-state index contributed by atoms with van der Waals surface area (Å²) in [7, 11) is 0. The Kier molecular flexibility index (Phi) is 8.97. The van der Waals surface area contributed by atoms with Gasteiger partial charge in [-0.3, -0.25) is 14.5 Å². The number of halogens is 1. The maximum Gasteiger partial charge on any atom is 0.250 e. The highest BCUT2D eigenvalue weighted by atomic mass is 35.5. The molecule has 0 bridgehead atoms. The average Bonchev–Trinajstić information content (AvgIpc) is 3.31. The number of carbonyl (C=O) groups excluding carboxylic acids is 2. The van der Waals surface area contributed by atoms with E-state index in [1.807, 2.05) is 13.0 Å². The van der Waals surface area contributed by atoms with Gasteiger partial charge >= 0.3 is 0 Å². The molecule has 1 heterocycles. The van der Waals surface area contributed by atoms with E-state index in [9.17, 15) is 9.59 Å². The summed E-state index contributed by atoms with van der Waals surface area (Å²) in [6, 6.07) is 6.02. The van der Waals surface area contributed by atoms with Crippen molar-refractivity contribution in [3.8, 4) is 6.07 Å². The van der Waals surface area contributed by atoms with Crippen LogP contribution in [-0.2, 0) is 20.9 Å². The molecule has 1 unspecified atom stereocenters. The van der Waals surface area contributed by atoms with E-state index in [0.717, 1.165) is 43.6 Å². The van der Waals surface area contributed by atoms with E-state index in [-0.39, 0.29) is 31.1 Å². The summed E-state index contributed by atoms with van der Waals surface area (Å²) in [5, 5.41) is 12.5. The fourth-order valence-corrected chi connectivity index (χ4v) is 5.04. The molecule has 0 aromatic heterocycles. The number of nitriles is 1. The van der Waals surface area contributed by atoms with Crippen molar-refractivity contribution in [2.45, 2.75) is 66.0 Å². The molecule has 1 aromatic carbocycles. The summed E-state index contributed by atoms with van der Waals surface area (Å²) in [6.07, 6.45) is 4.40. The van der Waals surface area contributed by atoms with E-state index in [1.54, 1.807) is 19.9 Å². The number of anilines is 1. The largest absolute Gasteiger partial charge is 0.370 e. The molecule has 1 atom stereocenters. The molecule has 1 saturated carbocycles. The number of piperazine rings is 1. The Bertz CT molecular complexity index is 937. The lowest BCUT2D eigenvalue weighted by atomic mass is 9.98. The standard InChI is InChI=1S/C26H37ClN4O3/c1-18-13-30(9-10-31(18)25(33)20-7-5-6-8-20)14-21-11-22(27)12-23(19(21)2)29-24(32)15-34-17-26(3,4)16-28/h11-12,18,20H,5-10,13-15,17H2,1-4H3,(H,29,32). The zero-order chi connectivity index (χ0) is 24.9. The lowest BCUT2D eigenvalue weighted by Gasteiger charge is -2.41. The summed E-state index contributed by atoms with van der Waals surface area (Å²) >= 11 is 6.38. The number of hydrogen-bond acceptors (Lipinski definition) is 5. The van der Waals surface area contributed by atoms with Gasteiger partial charge in [-0.15, -0.1) is 0 Å². The predicted molar refractivity (Wildman–Crippen MR) is 133 cm³/mol. The van der Waals surface area contributed by atoms with Crippen LogP contribution in [0.3, 0.4) is 0 Å². The Morgan fingerprint density at radius 2 is 1.97 bits per heavy atom. The Morgan fingerprint density at radius 3 is 2.62 bits per heavy atom. The normalized spacial score (nSPS) is 19.8. The third kappa shape index (κ3) is 6.94. The van der Waals surface area contributed by atoms with Crippen LogP contribution in [0, 0.1) is 29.6 Å². The van der Waals surface area contributed by atoms with Crippen LogP contribution in [0.2, 0.25) is 5.02 Å². The van der Waals surface area contributed by atoms with Gasteiger partial charge in [0.2, 0.25) is 11.8 Å². The molecule has 1 aliphatic heterocycles. The summed E-state index contributed by atoms with van der Waals surface area (Å²) in [5.74, 6) is 0.261. The molecule has 1 N–H and O–H groups in total. The highest BCUT2D eigenvalue weighted by molar-refractivity contribution is 6.31. The van der Waals surface area contributed by atoms with Crippen LogP contribution in [0.25, 0.3) is 0 Å². The molecule has 0 spiro atoms. The molecule has 8 heteroatoms. The quantitative estimate of drug-likeness (QED) is 0.587. The van der Waals surface area contributed by atoms with Crippen molar-refractivity contribution in [2.24, 2.45) is 11.3 Å². The molecule has 2 amide bonds. The second-order valence-electron chi connectivity index (χ2n) is 10.4.